The highest BCUT2D eigenvalue weighted by molar-refractivity contribution is 7.98. The second kappa shape index (κ2) is 7.26. The van der Waals surface area contributed by atoms with Gasteiger partial charge in [-0.1, -0.05) is 22.9 Å². The van der Waals surface area contributed by atoms with E-state index in [4.69, 9.17) is 9.26 Å². The van der Waals surface area contributed by atoms with Gasteiger partial charge in [-0.05, 0) is 32.9 Å². The van der Waals surface area contributed by atoms with E-state index in [9.17, 15) is 4.79 Å². The van der Waals surface area contributed by atoms with E-state index in [0.29, 0.717) is 24.1 Å². The van der Waals surface area contributed by atoms with Crippen molar-refractivity contribution in [3.8, 4) is 0 Å². The van der Waals surface area contributed by atoms with Crippen LogP contribution < -0.4 is 0 Å². The van der Waals surface area contributed by atoms with Crippen LogP contribution in [-0.4, -0.2) is 22.7 Å². The molecule has 1 atom stereocenters. The quantitative estimate of drug-likeness (QED) is 0.602. The number of rotatable bonds is 6. The molecular weight excluding hydrogens is 288 g/mol. The van der Waals surface area contributed by atoms with Gasteiger partial charge in [-0.2, -0.15) is 4.98 Å². The first kappa shape index (κ1) is 15.6. The lowest BCUT2D eigenvalue weighted by Crippen LogP contribution is -2.13. The molecule has 1 aromatic heterocycles. The van der Waals surface area contributed by atoms with Crippen LogP contribution in [0, 0.1) is 6.92 Å². The first-order chi connectivity index (χ1) is 10.1. The third-order valence-electron chi connectivity index (χ3n) is 2.85. The van der Waals surface area contributed by atoms with Gasteiger partial charge in [0.05, 0.1) is 12.4 Å². The third kappa shape index (κ3) is 4.32. The zero-order valence-corrected chi connectivity index (χ0v) is 13.1. The summed E-state index contributed by atoms with van der Waals surface area (Å²) in [6.45, 7) is 5.86. The third-order valence-corrected chi connectivity index (χ3v) is 3.84. The summed E-state index contributed by atoms with van der Waals surface area (Å²) in [7, 11) is 0. The van der Waals surface area contributed by atoms with Gasteiger partial charge in [-0.3, -0.25) is 4.79 Å². The number of nitrogens with zero attached hydrogens (tertiary/aromatic N) is 2. The van der Waals surface area contributed by atoms with Crippen LogP contribution in [0.4, 0.5) is 0 Å². The first-order valence-corrected chi connectivity index (χ1v) is 7.77. The van der Waals surface area contributed by atoms with E-state index in [2.05, 4.69) is 29.2 Å². The molecule has 0 N–H and O–H groups in total. The predicted molar refractivity (Wildman–Crippen MR) is 80.1 cm³/mol. The number of carbonyl (C=O) groups is 1. The molecule has 0 radical (unpaired) electrons. The number of aromatic nitrogens is 2. The van der Waals surface area contributed by atoms with Gasteiger partial charge in [-0.15, -0.1) is 11.8 Å². The summed E-state index contributed by atoms with van der Waals surface area (Å²) < 4.78 is 10.1. The summed E-state index contributed by atoms with van der Waals surface area (Å²) in [4.78, 5) is 17.0. The van der Waals surface area contributed by atoms with Gasteiger partial charge < -0.3 is 9.26 Å². The molecule has 0 aliphatic carbocycles. The molecule has 1 unspecified atom stereocenters. The van der Waals surface area contributed by atoms with Crippen LogP contribution >= 0.6 is 11.8 Å². The Balaban J connectivity index is 1.95. The summed E-state index contributed by atoms with van der Waals surface area (Å²) in [5.74, 6) is 0.595. The van der Waals surface area contributed by atoms with Gasteiger partial charge in [0.1, 0.15) is 5.92 Å². The van der Waals surface area contributed by atoms with E-state index < -0.39 is 5.92 Å². The Morgan fingerprint density at radius 2 is 2.29 bits per heavy atom. The zero-order chi connectivity index (χ0) is 15.2. The van der Waals surface area contributed by atoms with Gasteiger partial charge in [0.15, 0.2) is 5.82 Å². The van der Waals surface area contributed by atoms with Crippen LogP contribution in [0.2, 0.25) is 0 Å². The highest BCUT2D eigenvalue weighted by atomic mass is 32.2. The van der Waals surface area contributed by atoms with Gasteiger partial charge >= 0.3 is 5.97 Å². The molecule has 2 rings (SSSR count). The topological polar surface area (TPSA) is 65.2 Å². The van der Waals surface area contributed by atoms with Gasteiger partial charge in [0.25, 0.3) is 0 Å². The molecule has 0 aliphatic rings. The Morgan fingerprint density at radius 1 is 1.48 bits per heavy atom. The summed E-state index contributed by atoms with van der Waals surface area (Å²) in [5, 5.41) is 3.90. The minimum Gasteiger partial charge on any atom is -0.465 e. The zero-order valence-electron chi connectivity index (χ0n) is 12.3. The average Bonchev–Trinajstić information content (AvgIpc) is 2.93. The largest absolute Gasteiger partial charge is 0.465 e. The maximum atomic E-state index is 11.6. The molecule has 0 bridgehead atoms. The van der Waals surface area contributed by atoms with Crippen molar-refractivity contribution in [2.75, 3.05) is 6.61 Å². The van der Waals surface area contributed by atoms with Crippen molar-refractivity contribution in [1.29, 1.82) is 0 Å². The van der Waals surface area contributed by atoms with Crippen LogP contribution in [0.3, 0.4) is 0 Å². The normalized spacial score (nSPS) is 12.1. The number of hydrogen-bond donors (Lipinski definition) is 0. The summed E-state index contributed by atoms with van der Waals surface area (Å²) in [6, 6.07) is 8.21. The molecule has 0 saturated carbocycles. The van der Waals surface area contributed by atoms with Crippen molar-refractivity contribution in [3.05, 3.63) is 41.5 Å². The number of hydrogen-bond acceptors (Lipinski definition) is 6. The number of esters is 1. The number of aryl methyl sites for hydroxylation is 1. The second-order valence-electron chi connectivity index (χ2n) is 4.63. The smallest absolute Gasteiger partial charge is 0.318 e. The number of benzene rings is 1. The number of carbonyl (C=O) groups excluding carboxylic acids is 1. The maximum Gasteiger partial charge on any atom is 0.318 e. The van der Waals surface area contributed by atoms with Crippen LogP contribution in [0.5, 0.6) is 0 Å². The molecule has 21 heavy (non-hydrogen) atoms. The van der Waals surface area contributed by atoms with Crippen molar-refractivity contribution in [2.45, 2.75) is 37.3 Å². The molecule has 0 fully saturated rings. The minimum atomic E-state index is -0.532. The fourth-order valence-electron chi connectivity index (χ4n) is 1.72. The van der Waals surface area contributed by atoms with Crippen LogP contribution in [-0.2, 0) is 15.3 Å². The second-order valence-corrected chi connectivity index (χ2v) is 5.68. The number of ether oxygens (including phenoxy) is 1. The Hall–Kier alpha value is -1.82. The molecule has 0 aliphatic heterocycles. The standard InChI is InChI=1S/C15H18N2O3S/c1-4-19-15(18)11(3)14-16-13(17-20-14)9-21-12-7-5-6-10(2)8-12/h5-8,11H,4,9H2,1-3H3. The van der Waals surface area contributed by atoms with Gasteiger partial charge in [0.2, 0.25) is 5.89 Å². The molecule has 5 nitrogen and oxygen atoms in total. The maximum absolute atomic E-state index is 11.6. The molecule has 0 saturated heterocycles. The summed E-state index contributed by atoms with van der Waals surface area (Å²) in [6.07, 6.45) is 0. The van der Waals surface area contributed by atoms with E-state index in [-0.39, 0.29) is 5.97 Å². The van der Waals surface area contributed by atoms with E-state index >= 15 is 0 Å². The Labute approximate surface area is 128 Å². The first-order valence-electron chi connectivity index (χ1n) is 6.78. The van der Waals surface area contributed by atoms with Crippen molar-refractivity contribution < 1.29 is 14.1 Å². The number of thioether (sulfide) groups is 1. The van der Waals surface area contributed by atoms with Crippen LogP contribution in [0.15, 0.2) is 33.7 Å². The minimum absolute atomic E-state index is 0.299. The Kier molecular flexibility index (Phi) is 5.38. The molecule has 112 valence electrons. The van der Waals surface area contributed by atoms with Crippen molar-refractivity contribution >= 4 is 17.7 Å². The van der Waals surface area contributed by atoms with E-state index in [1.54, 1.807) is 25.6 Å². The van der Waals surface area contributed by atoms with E-state index in [0.717, 1.165) is 4.90 Å². The molecule has 6 heteroatoms. The summed E-state index contributed by atoms with van der Waals surface area (Å²) in [5.41, 5.74) is 1.21. The van der Waals surface area contributed by atoms with Gasteiger partial charge in [-0.25, -0.2) is 0 Å². The molecule has 2 aromatic rings. The molecule has 1 aromatic carbocycles. The Morgan fingerprint density at radius 3 is 3.00 bits per heavy atom. The fourth-order valence-corrected chi connectivity index (χ4v) is 2.58. The van der Waals surface area contributed by atoms with E-state index in [1.165, 1.54) is 5.56 Å². The molecule has 0 spiro atoms. The molecular formula is C15H18N2O3S. The Bertz CT molecular complexity index is 612. The predicted octanol–water partition coefficient (Wildman–Crippen LogP) is 3.34. The van der Waals surface area contributed by atoms with E-state index in [1.807, 2.05) is 12.1 Å². The highest BCUT2D eigenvalue weighted by Crippen LogP contribution is 2.23. The van der Waals surface area contributed by atoms with Crippen molar-refractivity contribution in [1.82, 2.24) is 10.1 Å². The van der Waals surface area contributed by atoms with Crippen LogP contribution in [0.25, 0.3) is 0 Å². The lowest BCUT2D eigenvalue weighted by atomic mass is 10.2. The monoisotopic (exact) mass is 306 g/mol. The molecule has 0 amide bonds. The van der Waals surface area contributed by atoms with Crippen LogP contribution in [0.1, 0.15) is 37.0 Å². The average molecular weight is 306 g/mol. The summed E-state index contributed by atoms with van der Waals surface area (Å²) >= 11 is 1.63. The lowest BCUT2D eigenvalue weighted by molar-refractivity contribution is -0.145. The lowest BCUT2D eigenvalue weighted by Gasteiger charge is -2.04. The van der Waals surface area contributed by atoms with Gasteiger partial charge in [0, 0.05) is 4.90 Å². The van der Waals surface area contributed by atoms with Crippen molar-refractivity contribution in [3.63, 3.8) is 0 Å². The SMILES string of the molecule is CCOC(=O)C(C)c1nc(CSc2cccc(C)c2)no1. The van der Waals surface area contributed by atoms with Crippen molar-refractivity contribution in [2.24, 2.45) is 0 Å². The molecule has 1 heterocycles. The highest BCUT2D eigenvalue weighted by Gasteiger charge is 2.23. The fraction of sp³-hybridized carbons (Fsp3) is 0.400.